The summed E-state index contributed by atoms with van der Waals surface area (Å²) in [5, 5.41) is 8.38. The van der Waals surface area contributed by atoms with Crippen molar-refractivity contribution < 1.29 is 9.59 Å². The van der Waals surface area contributed by atoms with Gasteiger partial charge in [-0.1, -0.05) is 25.7 Å². The summed E-state index contributed by atoms with van der Waals surface area (Å²) in [7, 11) is 0. The molecule has 0 unspecified atom stereocenters. The van der Waals surface area contributed by atoms with E-state index in [1.165, 1.54) is 51.4 Å². The zero-order chi connectivity index (χ0) is 20.8. The maximum Gasteiger partial charge on any atom is 0.240 e. The lowest BCUT2D eigenvalue weighted by Crippen LogP contribution is -2.20. The highest BCUT2D eigenvalue weighted by molar-refractivity contribution is 5.77. The first-order chi connectivity index (χ1) is 14.7. The maximum absolute atomic E-state index is 11.9. The van der Waals surface area contributed by atoms with E-state index in [0.29, 0.717) is 24.7 Å². The molecule has 6 heteroatoms. The van der Waals surface area contributed by atoms with Crippen molar-refractivity contribution in [2.75, 3.05) is 0 Å². The number of nitrogens with one attached hydrogen (secondary N) is 2. The fraction of sp³-hybridized carbons (Fsp3) is 0.833. The Balaban J connectivity index is 0.974. The van der Waals surface area contributed by atoms with Gasteiger partial charge in [0.2, 0.25) is 11.8 Å². The standard InChI is InChI=1S/C24H38N4O2/c29-23(27-25-15-21-13-17-7-9-19(21)11-17)5-3-1-2-4-6-24(30)28-26-16-22-14-18-8-10-20(22)12-18/h15-22H,1-14H2,(H,27,29)(H,28,30)/b25-15-,26-16-/t17-,18-,19-,20-,21-,22+/m1/s1. The second-order valence-corrected chi connectivity index (χ2v) is 10.2. The molecular formula is C24H38N4O2. The van der Waals surface area contributed by atoms with Gasteiger partial charge in [-0.05, 0) is 86.9 Å². The van der Waals surface area contributed by atoms with Crippen molar-refractivity contribution in [1.82, 2.24) is 10.9 Å². The summed E-state index contributed by atoms with van der Waals surface area (Å²) in [6.45, 7) is 0. The predicted octanol–water partition coefficient (Wildman–Crippen LogP) is 4.40. The first-order valence-electron chi connectivity index (χ1n) is 12.3. The Hall–Kier alpha value is -1.72. The highest BCUT2D eigenvalue weighted by Gasteiger charge is 2.39. The minimum Gasteiger partial charge on any atom is -0.273 e. The highest BCUT2D eigenvalue weighted by atomic mass is 16.2. The van der Waals surface area contributed by atoms with Gasteiger partial charge in [0.1, 0.15) is 0 Å². The second-order valence-electron chi connectivity index (χ2n) is 10.2. The summed E-state index contributed by atoms with van der Waals surface area (Å²) in [4.78, 5) is 23.8. The smallest absolute Gasteiger partial charge is 0.240 e. The monoisotopic (exact) mass is 414 g/mol. The number of carbonyl (C=O) groups excluding carboxylic acids is 2. The average molecular weight is 415 g/mol. The lowest BCUT2D eigenvalue weighted by atomic mass is 9.90. The van der Waals surface area contributed by atoms with Crippen LogP contribution in [0.1, 0.15) is 89.9 Å². The van der Waals surface area contributed by atoms with Crippen molar-refractivity contribution in [3.63, 3.8) is 0 Å². The zero-order valence-corrected chi connectivity index (χ0v) is 18.2. The number of carbonyl (C=O) groups is 2. The van der Waals surface area contributed by atoms with Crippen LogP contribution in [-0.2, 0) is 9.59 Å². The normalized spacial score (nSPS) is 34.4. The average Bonchev–Trinajstić information content (AvgIpc) is 3.52. The third-order valence-corrected chi connectivity index (χ3v) is 8.05. The van der Waals surface area contributed by atoms with Crippen molar-refractivity contribution >= 4 is 24.2 Å². The van der Waals surface area contributed by atoms with E-state index in [1.807, 2.05) is 12.4 Å². The molecule has 2 amide bonds. The van der Waals surface area contributed by atoms with E-state index in [1.54, 1.807) is 0 Å². The molecule has 166 valence electrons. The van der Waals surface area contributed by atoms with Crippen LogP contribution in [0.5, 0.6) is 0 Å². The first-order valence-corrected chi connectivity index (χ1v) is 12.3. The molecule has 4 fully saturated rings. The van der Waals surface area contributed by atoms with Crippen LogP contribution in [0.2, 0.25) is 0 Å². The summed E-state index contributed by atoms with van der Waals surface area (Å²) in [6, 6.07) is 0. The van der Waals surface area contributed by atoms with Gasteiger partial charge in [-0.2, -0.15) is 10.2 Å². The number of amides is 2. The molecular weight excluding hydrogens is 376 g/mol. The highest BCUT2D eigenvalue weighted by Crippen LogP contribution is 2.48. The third-order valence-electron chi connectivity index (χ3n) is 8.05. The van der Waals surface area contributed by atoms with Crippen LogP contribution in [0.25, 0.3) is 0 Å². The number of unbranched alkanes of at least 4 members (excludes halogenated alkanes) is 3. The number of hydrazone groups is 2. The van der Waals surface area contributed by atoms with Crippen LogP contribution in [-0.4, -0.2) is 24.2 Å². The number of rotatable bonds is 11. The van der Waals surface area contributed by atoms with Crippen LogP contribution in [0.4, 0.5) is 0 Å². The van der Waals surface area contributed by atoms with Gasteiger partial charge in [0.05, 0.1) is 0 Å². The molecule has 4 bridgehead atoms. The van der Waals surface area contributed by atoms with Crippen LogP contribution in [0, 0.1) is 35.5 Å². The van der Waals surface area contributed by atoms with Crippen LogP contribution in [0.3, 0.4) is 0 Å². The fourth-order valence-corrected chi connectivity index (χ4v) is 6.40. The van der Waals surface area contributed by atoms with Crippen molar-refractivity contribution in [1.29, 1.82) is 0 Å². The Bertz CT molecular complexity index is 606. The van der Waals surface area contributed by atoms with E-state index < -0.39 is 0 Å². The molecule has 4 aliphatic carbocycles. The van der Waals surface area contributed by atoms with Gasteiger partial charge in [0.25, 0.3) is 0 Å². The van der Waals surface area contributed by atoms with Crippen molar-refractivity contribution in [2.24, 2.45) is 45.7 Å². The quantitative estimate of drug-likeness (QED) is 0.298. The van der Waals surface area contributed by atoms with E-state index >= 15 is 0 Å². The molecule has 0 aromatic heterocycles. The Kier molecular flexibility index (Phi) is 7.56. The topological polar surface area (TPSA) is 82.9 Å². The van der Waals surface area contributed by atoms with Gasteiger partial charge in [0.15, 0.2) is 0 Å². The van der Waals surface area contributed by atoms with E-state index in [0.717, 1.165) is 49.4 Å². The Morgan fingerprint density at radius 3 is 1.50 bits per heavy atom. The molecule has 0 aromatic rings. The molecule has 4 aliphatic rings. The molecule has 0 saturated heterocycles. The van der Waals surface area contributed by atoms with Gasteiger partial charge < -0.3 is 0 Å². The number of fused-ring (bicyclic) bond motifs is 4. The number of hydrogen-bond donors (Lipinski definition) is 2. The van der Waals surface area contributed by atoms with Crippen LogP contribution >= 0.6 is 0 Å². The van der Waals surface area contributed by atoms with E-state index in [4.69, 9.17) is 0 Å². The van der Waals surface area contributed by atoms with Crippen molar-refractivity contribution in [3.05, 3.63) is 0 Å². The molecule has 30 heavy (non-hydrogen) atoms. The lowest BCUT2D eigenvalue weighted by Gasteiger charge is -2.16. The Morgan fingerprint density at radius 2 is 1.13 bits per heavy atom. The van der Waals surface area contributed by atoms with E-state index in [2.05, 4.69) is 21.1 Å². The van der Waals surface area contributed by atoms with Gasteiger partial charge in [-0.15, -0.1) is 0 Å². The van der Waals surface area contributed by atoms with E-state index in [9.17, 15) is 9.59 Å². The largest absolute Gasteiger partial charge is 0.273 e. The summed E-state index contributed by atoms with van der Waals surface area (Å²) >= 11 is 0. The van der Waals surface area contributed by atoms with Crippen molar-refractivity contribution in [2.45, 2.75) is 89.9 Å². The molecule has 0 aromatic carbocycles. The summed E-state index contributed by atoms with van der Waals surface area (Å²) < 4.78 is 0. The summed E-state index contributed by atoms with van der Waals surface area (Å²) in [5.41, 5.74) is 5.37. The van der Waals surface area contributed by atoms with Gasteiger partial charge >= 0.3 is 0 Å². The van der Waals surface area contributed by atoms with Gasteiger partial charge in [0, 0.05) is 25.3 Å². The van der Waals surface area contributed by atoms with Crippen molar-refractivity contribution in [3.8, 4) is 0 Å². The molecule has 4 saturated carbocycles. The van der Waals surface area contributed by atoms with E-state index in [-0.39, 0.29) is 11.8 Å². The predicted molar refractivity (Wildman–Crippen MR) is 119 cm³/mol. The minimum atomic E-state index is 0.00195. The first kappa shape index (κ1) is 21.5. The summed E-state index contributed by atoms with van der Waals surface area (Å²) in [5.74, 6) is 4.56. The molecule has 6 atom stereocenters. The van der Waals surface area contributed by atoms with Gasteiger partial charge in [-0.3, -0.25) is 9.59 Å². The molecule has 4 rings (SSSR count). The molecule has 0 aliphatic heterocycles. The molecule has 2 N–H and O–H groups in total. The Morgan fingerprint density at radius 1 is 0.667 bits per heavy atom. The Labute approximate surface area is 180 Å². The number of hydrogen-bond acceptors (Lipinski definition) is 4. The summed E-state index contributed by atoms with van der Waals surface area (Å²) in [6.07, 6.45) is 19.2. The zero-order valence-electron chi connectivity index (χ0n) is 18.2. The molecule has 0 spiro atoms. The minimum absolute atomic E-state index is 0.00195. The third kappa shape index (κ3) is 5.92. The van der Waals surface area contributed by atoms with Crippen LogP contribution in [0.15, 0.2) is 10.2 Å². The SMILES string of the molecule is O=C(CCCCCCC(=O)N/N=C\[C@H]1C[C@@H]2CC[C@@H]1C2)N/N=C\[C@@H]1C[C@@H]2CC[C@@H]1C2. The van der Waals surface area contributed by atoms with Crippen LogP contribution < -0.4 is 10.9 Å². The number of nitrogens with zero attached hydrogens (tertiary/aromatic N) is 2. The molecule has 0 heterocycles. The lowest BCUT2D eigenvalue weighted by molar-refractivity contribution is -0.122. The molecule has 6 nitrogen and oxygen atoms in total. The maximum atomic E-state index is 11.9. The molecule has 0 radical (unpaired) electrons. The van der Waals surface area contributed by atoms with Gasteiger partial charge in [-0.25, -0.2) is 10.9 Å². The second kappa shape index (κ2) is 10.5. The fourth-order valence-electron chi connectivity index (χ4n) is 6.40.